The summed E-state index contributed by atoms with van der Waals surface area (Å²) in [6, 6.07) is 1.92. The lowest BCUT2D eigenvalue weighted by Crippen LogP contribution is -2.10. The molecule has 1 aliphatic carbocycles. The molecule has 11 heavy (non-hydrogen) atoms. The molecule has 0 heterocycles. The van der Waals surface area contributed by atoms with Gasteiger partial charge in [0.2, 0.25) is 0 Å². The summed E-state index contributed by atoms with van der Waals surface area (Å²) in [6.07, 6.45) is -3.67. The van der Waals surface area contributed by atoms with E-state index in [1.807, 2.05) is 6.07 Å². The number of hydrogen-bond donors (Lipinski definition) is 0. The monoisotopic (exact) mass is 163 g/mol. The molecule has 0 aromatic carbocycles. The standard InChI is InChI=1S/C7H8F3N/c8-7(9,10)4-3-6(5-11)1-2-6/h1-4H2. The Bertz CT molecular complexity index is 185. The summed E-state index contributed by atoms with van der Waals surface area (Å²) in [7, 11) is 0. The van der Waals surface area contributed by atoms with Crippen LogP contribution >= 0.6 is 0 Å². The van der Waals surface area contributed by atoms with Crippen molar-refractivity contribution in [2.45, 2.75) is 31.9 Å². The molecule has 0 saturated heterocycles. The van der Waals surface area contributed by atoms with Gasteiger partial charge >= 0.3 is 6.18 Å². The van der Waals surface area contributed by atoms with Crippen molar-refractivity contribution in [3.63, 3.8) is 0 Å². The Balaban J connectivity index is 2.29. The van der Waals surface area contributed by atoms with Crippen molar-refractivity contribution in [2.24, 2.45) is 5.41 Å². The third kappa shape index (κ3) is 2.41. The molecule has 0 N–H and O–H groups in total. The van der Waals surface area contributed by atoms with Crippen LogP contribution in [0.4, 0.5) is 13.2 Å². The topological polar surface area (TPSA) is 23.8 Å². The van der Waals surface area contributed by atoms with Gasteiger partial charge in [0.15, 0.2) is 0 Å². The number of rotatable bonds is 2. The first kappa shape index (κ1) is 8.38. The molecule has 0 amide bonds. The predicted molar refractivity (Wildman–Crippen MR) is 32.6 cm³/mol. The first-order valence-electron chi connectivity index (χ1n) is 3.45. The average Bonchev–Trinajstić information content (AvgIpc) is 2.63. The van der Waals surface area contributed by atoms with Crippen LogP contribution in [0.3, 0.4) is 0 Å². The highest BCUT2D eigenvalue weighted by Gasteiger charge is 2.45. The summed E-state index contributed by atoms with van der Waals surface area (Å²) in [5.41, 5.74) is -0.616. The largest absolute Gasteiger partial charge is 0.389 e. The van der Waals surface area contributed by atoms with Crippen LogP contribution < -0.4 is 0 Å². The third-order valence-electron chi connectivity index (χ3n) is 1.98. The normalized spacial score (nSPS) is 20.9. The van der Waals surface area contributed by atoms with Crippen LogP contribution in [0.25, 0.3) is 0 Å². The number of nitrogens with zero attached hydrogens (tertiary/aromatic N) is 1. The molecule has 0 radical (unpaired) electrons. The van der Waals surface area contributed by atoms with Gasteiger partial charge in [-0.25, -0.2) is 0 Å². The molecular weight excluding hydrogens is 155 g/mol. The summed E-state index contributed by atoms with van der Waals surface area (Å²) in [6.45, 7) is 0. The fourth-order valence-corrected chi connectivity index (χ4v) is 0.950. The van der Waals surface area contributed by atoms with Crippen molar-refractivity contribution in [2.75, 3.05) is 0 Å². The Morgan fingerprint density at radius 1 is 1.36 bits per heavy atom. The molecule has 0 unspecified atom stereocenters. The zero-order chi connectivity index (χ0) is 8.54. The van der Waals surface area contributed by atoms with E-state index in [4.69, 9.17) is 5.26 Å². The zero-order valence-electron chi connectivity index (χ0n) is 5.91. The van der Waals surface area contributed by atoms with Gasteiger partial charge in [0, 0.05) is 6.42 Å². The van der Waals surface area contributed by atoms with Crippen molar-refractivity contribution in [3.05, 3.63) is 0 Å². The summed E-state index contributed by atoms with van der Waals surface area (Å²) in [5.74, 6) is 0. The van der Waals surface area contributed by atoms with E-state index in [1.165, 1.54) is 0 Å². The van der Waals surface area contributed by atoms with Crippen LogP contribution in [0.2, 0.25) is 0 Å². The highest BCUT2D eigenvalue weighted by Crippen LogP contribution is 2.50. The Hall–Kier alpha value is -0.720. The van der Waals surface area contributed by atoms with Crippen LogP contribution in [-0.4, -0.2) is 6.18 Å². The summed E-state index contributed by atoms with van der Waals surface area (Å²) < 4.78 is 34.9. The van der Waals surface area contributed by atoms with E-state index < -0.39 is 18.0 Å². The van der Waals surface area contributed by atoms with E-state index >= 15 is 0 Å². The van der Waals surface area contributed by atoms with Crippen molar-refractivity contribution in [3.8, 4) is 6.07 Å². The first-order chi connectivity index (χ1) is 4.97. The molecule has 0 aliphatic heterocycles. The van der Waals surface area contributed by atoms with Gasteiger partial charge in [-0.05, 0) is 19.3 Å². The van der Waals surface area contributed by atoms with Gasteiger partial charge in [-0.3, -0.25) is 0 Å². The quantitative estimate of drug-likeness (QED) is 0.613. The molecule has 0 atom stereocenters. The maximum atomic E-state index is 11.6. The highest BCUT2D eigenvalue weighted by molar-refractivity contribution is 5.09. The molecular formula is C7H8F3N. The number of hydrogen-bond acceptors (Lipinski definition) is 1. The van der Waals surface area contributed by atoms with Crippen LogP contribution in [0.5, 0.6) is 0 Å². The molecule has 0 spiro atoms. The maximum Gasteiger partial charge on any atom is 0.389 e. The van der Waals surface area contributed by atoms with Crippen molar-refractivity contribution in [1.29, 1.82) is 5.26 Å². The molecule has 4 heteroatoms. The van der Waals surface area contributed by atoms with E-state index in [0.29, 0.717) is 12.8 Å². The maximum absolute atomic E-state index is 11.6. The van der Waals surface area contributed by atoms with Gasteiger partial charge in [0.25, 0.3) is 0 Å². The highest BCUT2D eigenvalue weighted by atomic mass is 19.4. The van der Waals surface area contributed by atoms with Crippen LogP contribution in [0.15, 0.2) is 0 Å². The fraction of sp³-hybridized carbons (Fsp3) is 0.857. The van der Waals surface area contributed by atoms with E-state index in [9.17, 15) is 13.2 Å². The van der Waals surface area contributed by atoms with Gasteiger partial charge in [0.05, 0.1) is 11.5 Å². The van der Waals surface area contributed by atoms with Gasteiger partial charge in [-0.1, -0.05) is 0 Å². The van der Waals surface area contributed by atoms with E-state index in [2.05, 4.69) is 0 Å². The number of nitriles is 1. The van der Waals surface area contributed by atoms with Crippen LogP contribution in [0.1, 0.15) is 25.7 Å². The summed E-state index contributed by atoms with van der Waals surface area (Å²) >= 11 is 0. The van der Waals surface area contributed by atoms with Gasteiger partial charge in [0.1, 0.15) is 0 Å². The van der Waals surface area contributed by atoms with E-state index in [0.717, 1.165) is 0 Å². The molecule has 1 nitrogen and oxygen atoms in total. The summed E-state index contributed by atoms with van der Waals surface area (Å²) in [4.78, 5) is 0. The van der Waals surface area contributed by atoms with E-state index in [1.54, 1.807) is 0 Å². The Morgan fingerprint density at radius 3 is 2.18 bits per heavy atom. The second-order valence-corrected chi connectivity index (χ2v) is 3.01. The smallest absolute Gasteiger partial charge is 0.198 e. The number of halogens is 3. The SMILES string of the molecule is N#CC1(CCC(F)(F)F)CC1. The second-order valence-electron chi connectivity index (χ2n) is 3.01. The third-order valence-corrected chi connectivity index (χ3v) is 1.98. The number of alkyl halides is 3. The summed E-state index contributed by atoms with van der Waals surface area (Å²) in [5, 5.41) is 8.44. The van der Waals surface area contributed by atoms with Crippen molar-refractivity contribution in [1.82, 2.24) is 0 Å². The molecule has 0 aromatic rings. The minimum atomic E-state index is -4.10. The van der Waals surface area contributed by atoms with Gasteiger partial charge in [-0.15, -0.1) is 0 Å². The fourth-order valence-electron chi connectivity index (χ4n) is 0.950. The lowest BCUT2D eigenvalue weighted by atomic mass is 10.0. The van der Waals surface area contributed by atoms with Crippen LogP contribution in [0, 0.1) is 16.7 Å². The Kier molecular flexibility index (Phi) is 1.83. The minimum absolute atomic E-state index is 0.0208. The molecule has 1 fully saturated rings. The first-order valence-corrected chi connectivity index (χ1v) is 3.45. The molecule has 1 aliphatic rings. The van der Waals surface area contributed by atoms with E-state index in [-0.39, 0.29) is 6.42 Å². The average molecular weight is 163 g/mol. The molecule has 0 bridgehead atoms. The Labute approximate surface area is 62.8 Å². The molecule has 62 valence electrons. The molecule has 1 rings (SSSR count). The van der Waals surface area contributed by atoms with Gasteiger partial charge < -0.3 is 0 Å². The second kappa shape index (κ2) is 2.40. The lowest BCUT2D eigenvalue weighted by Gasteiger charge is -2.07. The van der Waals surface area contributed by atoms with Gasteiger partial charge in [-0.2, -0.15) is 18.4 Å². The van der Waals surface area contributed by atoms with Crippen molar-refractivity contribution >= 4 is 0 Å². The predicted octanol–water partition coefficient (Wildman–Crippen LogP) is 2.63. The van der Waals surface area contributed by atoms with Crippen molar-refractivity contribution < 1.29 is 13.2 Å². The molecule has 1 saturated carbocycles. The Morgan fingerprint density at radius 2 is 1.91 bits per heavy atom. The minimum Gasteiger partial charge on any atom is -0.198 e. The van der Waals surface area contributed by atoms with Crippen LogP contribution in [-0.2, 0) is 0 Å². The molecule has 0 aromatic heterocycles. The zero-order valence-corrected chi connectivity index (χ0v) is 5.91. The lowest BCUT2D eigenvalue weighted by molar-refractivity contribution is -0.137.